The molecule has 1 amide bonds. The van der Waals surface area contributed by atoms with E-state index in [1.165, 1.54) is 10.7 Å². The molecule has 0 aliphatic carbocycles. The van der Waals surface area contributed by atoms with E-state index in [9.17, 15) is 9.18 Å². The van der Waals surface area contributed by atoms with E-state index in [4.69, 9.17) is 11.6 Å². The number of halogens is 2. The van der Waals surface area contributed by atoms with Gasteiger partial charge in [0.1, 0.15) is 18.2 Å². The molecule has 0 aliphatic heterocycles. The van der Waals surface area contributed by atoms with Crippen LogP contribution in [0.15, 0.2) is 42.9 Å². The lowest BCUT2D eigenvalue weighted by atomic mass is 10.2. The summed E-state index contributed by atoms with van der Waals surface area (Å²) >= 11 is 6.04. The lowest BCUT2D eigenvalue weighted by Crippen LogP contribution is -2.33. The van der Waals surface area contributed by atoms with Gasteiger partial charge in [0, 0.05) is 35.6 Å². The number of hydrogen-bond donors (Lipinski definition) is 3. The van der Waals surface area contributed by atoms with Crippen molar-refractivity contribution in [2.75, 3.05) is 10.6 Å². The topological polar surface area (TPSA) is 96.8 Å². The molecule has 0 spiro atoms. The normalized spacial score (nSPS) is 10.8. The summed E-state index contributed by atoms with van der Waals surface area (Å²) in [6.45, 7) is 4.09. The van der Waals surface area contributed by atoms with Gasteiger partial charge in [-0.3, -0.25) is 9.48 Å². The van der Waals surface area contributed by atoms with Gasteiger partial charge in [0.25, 0.3) is 0 Å². The molecule has 0 atom stereocenters. The molecule has 0 saturated heterocycles. The van der Waals surface area contributed by atoms with Crippen LogP contribution in [0, 0.1) is 5.82 Å². The number of carbonyl (C=O) groups excluding carboxylic acids is 1. The molecule has 2 heterocycles. The van der Waals surface area contributed by atoms with Crippen LogP contribution < -0.4 is 16.0 Å². The van der Waals surface area contributed by atoms with Crippen LogP contribution in [0.25, 0.3) is 0 Å². The molecule has 3 N–H and O–H groups in total. The molecule has 10 heteroatoms. The molecule has 152 valence electrons. The summed E-state index contributed by atoms with van der Waals surface area (Å²) in [7, 11) is 0. The molecule has 3 rings (SSSR count). The number of hydrogen-bond acceptors (Lipinski definition) is 6. The summed E-state index contributed by atoms with van der Waals surface area (Å²) in [5.41, 5.74) is 1.000. The van der Waals surface area contributed by atoms with E-state index < -0.39 is 0 Å². The molecule has 2 aromatic heterocycles. The third-order valence-corrected chi connectivity index (χ3v) is 4.16. The highest BCUT2D eigenvalue weighted by Gasteiger charge is 2.09. The Balaban J connectivity index is 1.61. The van der Waals surface area contributed by atoms with Crippen molar-refractivity contribution in [3.8, 4) is 0 Å². The van der Waals surface area contributed by atoms with Crippen LogP contribution in [0.3, 0.4) is 0 Å². The average molecular weight is 418 g/mol. The highest BCUT2D eigenvalue weighted by Crippen LogP contribution is 2.20. The summed E-state index contributed by atoms with van der Waals surface area (Å²) in [5.74, 6) is 0.335. The first-order chi connectivity index (χ1) is 13.9. The molecule has 0 unspecified atom stereocenters. The van der Waals surface area contributed by atoms with Gasteiger partial charge in [-0.15, -0.1) is 0 Å². The van der Waals surface area contributed by atoms with Crippen LogP contribution >= 0.6 is 11.6 Å². The number of amides is 1. The van der Waals surface area contributed by atoms with Crippen molar-refractivity contribution in [1.82, 2.24) is 25.1 Å². The zero-order chi connectivity index (χ0) is 20.8. The number of nitrogens with zero attached hydrogens (tertiary/aromatic N) is 4. The Labute approximate surface area is 172 Å². The van der Waals surface area contributed by atoms with Gasteiger partial charge in [-0.25, -0.2) is 9.37 Å². The number of benzene rings is 1. The first kappa shape index (κ1) is 20.5. The predicted molar refractivity (Wildman–Crippen MR) is 110 cm³/mol. The van der Waals surface area contributed by atoms with Crippen LogP contribution in [-0.4, -0.2) is 31.7 Å². The molecule has 8 nitrogen and oxygen atoms in total. The minimum absolute atomic E-state index is 0.0681. The van der Waals surface area contributed by atoms with Crippen LogP contribution in [0.2, 0.25) is 5.02 Å². The molecule has 0 saturated carbocycles. The van der Waals surface area contributed by atoms with E-state index in [1.807, 2.05) is 13.8 Å². The number of carbonyl (C=O) groups is 1. The zero-order valence-electron chi connectivity index (χ0n) is 16.0. The Morgan fingerprint density at radius 2 is 2.14 bits per heavy atom. The average Bonchev–Trinajstić information content (AvgIpc) is 3.07. The Hall–Kier alpha value is -3.20. The molecule has 0 fully saturated rings. The molecule has 1 aromatic carbocycles. The number of aromatic nitrogens is 4. The fourth-order valence-electron chi connectivity index (χ4n) is 2.56. The maximum atomic E-state index is 13.9. The maximum absolute atomic E-state index is 13.9. The van der Waals surface area contributed by atoms with Gasteiger partial charge in [0.15, 0.2) is 0 Å². The Morgan fingerprint density at radius 1 is 1.31 bits per heavy atom. The minimum Gasteiger partial charge on any atom is -0.366 e. The van der Waals surface area contributed by atoms with Crippen molar-refractivity contribution in [2.24, 2.45) is 0 Å². The van der Waals surface area contributed by atoms with Gasteiger partial charge < -0.3 is 16.0 Å². The molecule has 29 heavy (non-hydrogen) atoms. The van der Waals surface area contributed by atoms with Crippen molar-refractivity contribution >= 4 is 35.0 Å². The minimum atomic E-state index is -0.383. The first-order valence-electron chi connectivity index (χ1n) is 8.99. The standard InChI is InChI=1S/C19H21ClFN7O/c1-12(2)25-18(29)11-28-10-13(8-24-28)26-19-22-7-6-17(27-19)23-9-14-15(20)4-3-5-16(14)21/h3-8,10,12H,9,11H2,1-2H3,(H,25,29)(H2,22,23,26,27). The number of nitrogens with one attached hydrogen (secondary N) is 3. The summed E-state index contributed by atoms with van der Waals surface area (Å²) in [5, 5.41) is 13.3. The summed E-state index contributed by atoms with van der Waals surface area (Å²) in [4.78, 5) is 20.3. The van der Waals surface area contributed by atoms with Crippen LogP contribution in [0.4, 0.5) is 21.8 Å². The van der Waals surface area contributed by atoms with Gasteiger partial charge in [-0.1, -0.05) is 17.7 Å². The van der Waals surface area contributed by atoms with Crippen molar-refractivity contribution in [2.45, 2.75) is 33.0 Å². The molecule has 0 aliphatic rings. The first-order valence-corrected chi connectivity index (χ1v) is 9.37. The fraction of sp³-hybridized carbons (Fsp3) is 0.263. The van der Waals surface area contributed by atoms with E-state index in [2.05, 4.69) is 31.0 Å². The number of anilines is 3. The monoisotopic (exact) mass is 417 g/mol. The summed E-state index contributed by atoms with van der Waals surface area (Å²) in [6.07, 6.45) is 4.83. The Kier molecular flexibility index (Phi) is 6.61. The van der Waals surface area contributed by atoms with E-state index in [1.54, 1.807) is 36.8 Å². The molecule has 3 aromatic rings. The van der Waals surface area contributed by atoms with Gasteiger partial charge >= 0.3 is 0 Å². The van der Waals surface area contributed by atoms with Crippen LogP contribution in [0.5, 0.6) is 0 Å². The van der Waals surface area contributed by atoms with Crippen molar-refractivity contribution < 1.29 is 9.18 Å². The Bertz CT molecular complexity index is 972. The second-order valence-corrected chi connectivity index (χ2v) is 7.00. The quantitative estimate of drug-likeness (QED) is 0.520. The summed E-state index contributed by atoms with van der Waals surface area (Å²) < 4.78 is 15.4. The SMILES string of the molecule is CC(C)NC(=O)Cn1cc(Nc2nccc(NCc3c(F)cccc3Cl)n2)cn1. The van der Waals surface area contributed by atoms with Crippen LogP contribution in [0.1, 0.15) is 19.4 Å². The van der Waals surface area contributed by atoms with Crippen molar-refractivity contribution in [3.63, 3.8) is 0 Å². The molecule has 0 radical (unpaired) electrons. The zero-order valence-corrected chi connectivity index (χ0v) is 16.7. The maximum Gasteiger partial charge on any atom is 0.241 e. The summed E-state index contributed by atoms with van der Waals surface area (Å²) in [6, 6.07) is 6.28. The van der Waals surface area contributed by atoms with Gasteiger partial charge in [-0.05, 0) is 32.0 Å². The second-order valence-electron chi connectivity index (χ2n) is 6.59. The van der Waals surface area contributed by atoms with Crippen molar-refractivity contribution in [3.05, 3.63) is 59.3 Å². The predicted octanol–water partition coefficient (Wildman–Crippen LogP) is 3.35. The molecule has 0 bridgehead atoms. The van der Waals surface area contributed by atoms with E-state index in [0.717, 1.165) is 0 Å². The largest absolute Gasteiger partial charge is 0.366 e. The third-order valence-electron chi connectivity index (χ3n) is 3.81. The van der Waals surface area contributed by atoms with Crippen molar-refractivity contribution in [1.29, 1.82) is 0 Å². The lowest BCUT2D eigenvalue weighted by molar-refractivity contribution is -0.122. The molecular weight excluding hydrogens is 397 g/mol. The smallest absolute Gasteiger partial charge is 0.241 e. The third kappa shape index (κ3) is 5.89. The second kappa shape index (κ2) is 9.33. The van der Waals surface area contributed by atoms with Crippen LogP contribution in [-0.2, 0) is 17.9 Å². The van der Waals surface area contributed by atoms with Gasteiger partial charge in [0.05, 0.1) is 11.9 Å². The van der Waals surface area contributed by atoms with Gasteiger partial charge in [0.2, 0.25) is 11.9 Å². The Morgan fingerprint density at radius 3 is 2.90 bits per heavy atom. The fourth-order valence-corrected chi connectivity index (χ4v) is 2.79. The van der Waals surface area contributed by atoms with Gasteiger partial charge in [-0.2, -0.15) is 10.1 Å². The highest BCUT2D eigenvalue weighted by molar-refractivity contribution is 6.31. The lowest BCUT2D eigenvalue weighted by Gasteiger charge is -2.09. The highest BCUT2D eigenvalue weighted by atomic mass is 35.5. The van der Waals surface area contributed by atoms with E-state index in [-0.39, 0.29) is 30.9 Å². The molecular formula is C19H21ClFN7O. The number of rotatable bonds is 8. The van der Waals surface area contributed by atoms with E-state index >= 15 is 0 Å². The van der Waals surface area contributed by atoms with E-state index in [0.29, 0.717) is 28.0 Å².